The second-order valence-corrected chi connectivity index (χ2v) is 6.61. The van der Waals surface area contributed by atoms with E-state index < -0.39 is 14.9 Å². The van der Waals surface area contributed by atoms with E-state index in [2.05, 4.69) is 4.72 Å². The van der Waals surface area contributed by atoms with Crippen molar-refractivity contribution in [2.45, 2.75) is 23.8 Å². The molecule has 1 atom stereocenters. The maximum Gasteiger partial charge on any atom is 0.310 e. The molecule has 1 aromatic carbocycles. The first-order chi connectivity index (χ1) is 9.89. The van der Waals surface area contributed by atoms with Crippen LogP contribution in [-0.4, -0.2) is 33.0 Å². The Morgan fingerprint density at radius 2 is 2.19 bits per heavy atom. The molecule has 1 fully saturated rings. The smallest absolute Gasteiger partial charge is 0.310 e. The minimum Gasteiger partial charge on any atom is -0.490 e. The molecule has 0 spiro atoms. The van der Waals surface area contributed by atoms with Crippen LogP contribution in [0.1, 0.15) is 12.8 Å². The molecule has 1 aliphatic rings. The number of sulfonamides is 1. The SMILES string of the molecule is COc1cc(S(=O)(=O)NC(CN)C2CC2)ccc1[N+](=O)[O-]. The highest BCUT2D eigenvalue weighted by atomic mass is 32.2. The molecule has 0 bridgehead atoms. The van der Waals surface area contributed by atoms with Gasteiger partial charge in [-0.3, -0.25) is 10.1 Å². The van der Waals surface area contributed by atoms with Gasteiger partial charge in [-0.1, -0.05) is 0 Å². The van der Waals surface area contributed by atoms with E-state index >= 15 is 0 Å². The first kappa shape index (κ1) is 15.7. The fourth-order valence-corrected chi connectivity index (χ4v) is 3.41. The zero-order chi connectivity index (χ0) is 15.6. The monoisotopic (exact) mass is 315 g/mol. The lowest BCUT2D eigenvalue weighted by atomic mass is 10.2. The van der Waals surface area contributed by atoms with Crippen molar-refractivity contribution in [3.8, 4) is 5.75 Å². The molecular weight excluding hydrogens is 298 g/mol. The van der Waals surface area contributed by atoms with Crippen LogP contribution in [0, 0.1) is 16.0 Å². The van der Waals surface area contributed by atoms with Crippen LogP contribution in [0.4, 0.5) is 5.69 Å². The largest absolute Gasteiger partial charge is 0.490 e. The summed E-state index contributed by atoms with van der Waals surface area (Å²) < 4.78 is 32.0. The topological polar surface area (TPSA) is 125 Å². The van der Waals surface area contributed by atoms with Gasteiger partial charge in [0.1, 0.15) is 0 Å². The number of rotatable bonds is 7. The molecule has 0 saturated heterocycles. The Kier molecular flexibility index (Phi) is 4.45. The van der Waals surface area contributed by atoms with Crippen LogP contribution >= 0.6 is 0 Å². The summed E-state index contributed by atoms with van der Waals surface area (Å²) in [5.41, 5.74) is 5.29. The van der Waals surface area contributed by atoms with Gasteiger partial charge in [0.2, 0.25) is 10.0 Å². The number of nitro benzene ring substituents is 1. The average molecular weight is 315 g/mol. The van der Waals surface area contributed by atoms with E-state index in [1.165, 1.54) is 13.2 Å². The Morgan fingerprint density at radius 3 is 2.67 bits per heavy atom. The maximum absolute atomic E-state index is 12.3. The molecular formula is C12H17N3O5S. The Hall–Kier alpha value is -1.71. The third kappa shape index (κ3) is 3.49. The molecule has 0 radical (unpaired) electrons. The maximum atomic E-state index is 12.3. The van der Waals surface area contributed by atoms with Crippen molar-refractivity contribution in [3.05, 3.63) is 28.3 Å². The molecule has 9 heteroatoms. The summed E-state index contributed by atoms with van der Waals surface area (Å²) in [6.45, 7) is 0.216. The van der Waals surface area contributed by atoms with Gasteiger partial charge in [0.25, 0.3) is 0 Å². The predicted molar refractivity (Wildman–Crippen MR) is 75.5 cm³/mol. The summed E-state index contributed by atoms with van der Waals surface area (Å²) in [5, 5.41) is 10.8. The molecule has 1 unspecified atom stereocenters. The van der Waals surface area contributed by atoms with Crippen molar-refractivity contribution in [3.63, 3.8) is 0 Å². The number of hydrogen-bond donors (Lipinski definition) is 2. The highest BCUT2D eigenvalue weighted by molar-refractivity contribution is 7.89. The number of nitrogens with one attached hydrogen (secondary N) is 1. The molecule has 8 nitrogen and oxygen atoms in total. The van der Waals surface area contributed by atoms with Crippen LogP contribution in [0.15, 0.2) is 23.1 Å². The predicted octanol–water partition coefficient (Wildman–Crippen LogP) is 0.619. The number of nitrogens with two attached hydrogens (primary N) is 1. The summed E-state index contributed by atoms with van der Waals surface area (Å²) in [6, 6.07) is 3.13. The van der Waals surface area contributed by atoms with Crippen LogP contribution in [0.25, 0.3) is 0 Å². The zero-order valence-corrected chi connectivity index (χ0v) is 12.3. The standard InChI is InChI=1S/C12H17N3O5S/c1-20-12-6-9(4-5-11(12)15(16)17)21(18,19)14-10(7-13)8-2-3-8/h4-6,8,10,14H,2-3,7,13H2,1H3. The number of nitro groups is 1. The van der Waals surface area contributed by atoms with E-state index in [4.69, 9.17) is 10.5 Å². The first-order valence-corrected chi connectivity index (χ1v) is 7.92. The van der Waals surface area contributed by atoms with Gasteiger partial charge in [-0.15, -0.1) is 0 Å². The molecule has 116 valence electrons. The lowest BCUT2D eigenvalue weighted by Gasteiger charge is -2.16. The Morgan fingerprint density at radius 1 is 1.52 bits per heavy atom. The van der Waals surface area contributed by atoms with Gasteiger partial charge in [0, 0.05) is 24.7 Å². The van der Waals surface area contributed by atoms with E-state index in [1.807, 2.05) is 0 Å². The van der Waals surface area contributed by atoms with Crippen LogP contribution in [0.2, 0.25) is 0 Å². The van der Waals surface area contributed by atoms with Crippen LogP contribution < -0.4 is 15.2 Å². The van der Waals surface area contributed by atoms with Crippen molar-refractivity contribution in [2.24, 2.45) is 11.7 Å². The van der Waals surface area contributed by atoms with E-state index in [0.29, 0.717) is 0 Å². The first-order valence-electron chi connectivity index (χ1n) is 6.44. The molecule has 3 N–H and O–H groups in total. The van der Waals surface area contributed by atoms with Gasteiger partial charge in [-0.25, -0.2) is 13.1 Å². The van der Waals surface area contributed by atoms with Gasteiger partial charge in [-0.2, -0.15) is 0 Å². The van der Waals surface area contributed by atoms with Crippen LogP contribution in [0.5, 0.6) is 5.75 Å². The van der Waals surface area contributed by atoms with Gasteiger partial charge in [0.15, 0.2) is 5.75 Å². The highest BCUT2D eigenvalue weighted by Gasteiger charge is 2.33. The zero-order valence-electron chi connectivity index (χ0n) is 11.5. The highest BCUT2D eigenvalue weighted by Crippen LogP contribution is 2.34. The quantitative estimate of drug-likeness (QED) is 0.561. The second-order valence-electron chi connectivity index (χ2n) is 4.89. The fraction of sp³-hybridized carbons (Fsp3) is 0.500. The van der Waals surface area contributed by atoms with Gasteiger partial charge in [0.05, 0.1) is 16.9 Å². The third-order valence-corrected chi connectivity index (χ3v) is 4.90. The number of methoxy groups -OCH3 is 1. The molecule has 0 aromatic heterocycles. The number of ether oxygens (including phenoxy) is 1. The second kappa shape index (κ2) is 5.96. The molecule has 21 heavy (non-hydrogen) atoms. The van der Waals surface area contributed by atoms with E-state index in [-0.39, 0.29) is 34.8 Å². The fourth-order valence-electron chi connectivity index (χ4n) is 2.08. The van der Waals surface area contributed by atoms with E-state index in [9.17, 15) is 18.5 Å². The summed E-state index contributed by atoms with van der Waals surface area (Å²) in [7, 11) is -2.54. The third-order valence-electron chi connectivity index (χ3n) is 3.41. The van der Waals surface area contributed by atoms with Gasteiger partial charge >= 0.3 is 5.69 Å². The van der Waals surface area contributed by atoms with Gasteiger partial charge in [-0.05, 0) is 24.8 Å². The summed E-state index contributed by atoms with van der Waals surface area (Å²) >= 11 is 0. The molecule has 0 amide bonds. The minimum atomic E-state index is -3.78. The number of nitrogens with zero attached hydrogens (tertiary/aromatic N) is 1. The van der Waals surface area contributed by atoms with Crippen LogP contribution in [-0.2, 0) is 10.0 Å². The molecule has 1 aromatic rings. The normalized spacial score (nSPS) is 16.5. The van der Waals surface area contributed by atoms with Crippen molar-refractivity contribution >= 4 is 15.7 Å². The van der Waals surface area contributed by atoms with E-state index in [1.54, 1.807) is 0 Å². The lowest BCUT2D eigenvalue weighted by molar-refractivity contribution is -0.385. The number of benzene rings is 1. The van der Waals surface area contributed by atoms with Crippen molar-refractivity contribution in [2.75, 3.05) is 13.7 Å². The lowest BCUT2D eigenvalue weighted by Crippen LogP contribution is -2.41. The van der Waals surface area contributed by atoms with Gasteiger partial charge < -0.3 is 10.5 Å². The molecule has 0 heterocycles. The van der Waals surface area contributed by atoms with Crippen LogP contribution in [0.3, 0.4) is 0 Å². The molecule has 1 aliphatic carbocycles. The molecule has 1 saturated carbocycles. The summed E-state index contributed by atoms with van der Waals surface area (Å²) in [4.78, 5) is 10.1. The van der Waals surface area contributed by atoms with Crippen molar-refractivity contribution in [1.29, 1.82) is 0 Å². The molecule has 2 rings (SSSR count). The average Bonchev–Trinajstić information content (AvgIpc) is 3.28. The minimum absolute atomic E-state index is 0.0796. The molecule has 0 aliphatic heterocycles. The summed E-state index contributed by atoms with van der Waals surface area (Å²) in [6.07, 6.45) is 1.90. The van der Waals surface area contributed by atoms with Crippen molar-refractivity contribution < 1.29 is 18.1 Å². The van der Waals surface area contributed by atoms with Crippen molar-refractivity contribution in [1.82, 2.24) is 4.72 Å². The summed E-state index contributed by atoms with van der Waals surface area (Å²) in [5.74, 6) is 0.170. The van der Waals surface area contributed by atoms with E-state index in [0.717, 1.165) is 25.0 Å². The Labute approximate surface area is 122 Å². The Bertz CT molecular complexity index is 642. The Balaban J connectivity index is 2.29. The number of hydrogen-bond acceptors (Lipinski definition) is 6.